The molecule has 0 aliphatic heterocycles. The fraction of sp³-hybridized carbons (Fsp3) is 0.538. The molecule has 0 fully saturated rings. The quantitative estimate of drug-likeness (QED) is 0.845. The van der Waals surface area contributed by atoms with Gasteiger partial charge in [0.25, 0.3) is 0 Å². The summed E-state index contributed by atoms with van der Waals surface area (Å²) in [6.07, 6.45) is 3.40. The number of nitrogens with one attached hydrogen (secondary N) is 1. The maximum atomic E-state index is 11.3. The van der Waals surface area contributed by atoms with Gasteiger partial charge in [-0.15, -0.1) is 0 Å². The Bertz CT molecular complexity index is 454. The second-order valence-corrected chi connectivity index (χ2v) is 6.61. The van der Waals surface area contributed by atoms with Gasteiger partial charge in [0, 0.05) is 12.3 Å². The topological polar surface area (TPSA) is 46.2 Å². The van der Waals surface area contributed by atoms with Gasteiger partial charge < -0.3 is 5.32 Å². The van der Waals surface area contributed by atoms with Gasteiger partial charge in [-0.2, -0.15) is 0 Å². The summed E-state index contributed by atoms with van der Waals surface area (Å²) in [6, 6.07) is 8.02. The van der Waals surface area contributed by atoms with E-state index in [1.807, 2.05) is 12.1 Å². The van der Waals surface area contributed by atoms with E-state index < -0.39 is 9.84 Å². The average molecular weight is 255 g/mol. The van der Waals surface area contributed by atoms with Gasteiger partial charge >= 0.3 is 0 Å². The molecule has 0 aliphatic rings. The average Bonchev–Trinajstić information content (AvgIpc) is 2.25. The summed E-state index contributed by atoms with van der Waals surface area (Å²) >= 11 is 0. The summed E-state index contributed by atoms with van der Waals surface area (Å²) in [5.41, 5.74) is 2.31. The summed E-state index contributed by atoms with van der Waals surface area (Å²) in [4.78, 5) is 0. The molecule has 1 atom stereocenters. The molecular formula is C13H21NO2S. The second-order valence-electron chi connectivity index (χ2n) is 4.43. The fourth-order valence-corrected chi connectivity index (χ4v) is 2.87. The Balaban J connectivity index is 2.91. The van der Waals surface area contributed by atoms with Gasteiger partial charge in [-0.05, 0) is 24.6 Å². The molecule has 1 unspecified atom stereocenters. The van der Waals surface area contributed by atoms with Crippen LogP contribution in [0.5, 0.6) is 0 Å². The summed E-state index contributed by atoms with van der Waals surface area (Å²) in [5, 5.41) is 3.07. The van der Waals surface area contributed by atoms with Gasteiger partial charge in [0.15, 0.2) is 0 Å². The van der Waals surface area contributed by atoms with Crippen molar-refractivity contribution in [1.82, 2.24) is 5.32 Å². The Labute approximate surface area is 104 Å². The minimum absolute atomic E-state index is 0.123. The van der Waals surface area contributed by atoms with Crippen LogP contribution in [0, 0.1) is 0 Å². The van der Waals surface area contributed by atoms with Gasteiger partial charge in [-0.25, -0.2) is 8.42 Å². The Morgan fingerprint density at radius 3 is 2.59 bits per heavy atom. The van der Waals surface area contributed by atoms with Crippen LogP contribution in [0.3, 0.4) is 0 Å². The number of hydrogen-bond donors (Lipinski definition) is 1. The molecule has 0 amide bonds. The molecule has 0 aliphatic carbocycles. The van der Waals surface area contributed by atoms with Crippen molar-refractivity contribution in [1.29, 1.82) is 0 Å². The number of hydrogen-bond acceptors (Lipinski definition) is 3. The van der Waals surface area contributed by atoms with Crippen molar-refractivity contribution < 1.29 is 8.42 Å². The van der Waals surface area contributed by atoms with Crippen LogP contribution < -0.4 is 5.32 Å². The van der Waals surface area contributed by atoms with Crippen LogP contribution in [-0.2, 0) is 16.3 Å². The first-order valence-electron chi connectivity index (χ1n) is 5.90. The number of sulfone groups is 1. The number of rotatable bonds is 6. The lowest BCUT2D eigenvalue weighted by Crippen LogP contribution is -2.24. The van der Waals surface area contributed by atoms with Crippen LogP contribution in [0.4, 0.5) is 0 Å². The van der Waals surface area contributed by atoms with Gasteiger partial charge in [0.2, 0.25) is 0 Å². The Kier molecular flexibility index (Phi) is 5.15. The first kappa shape index (κ1) is 14.2. The molecule has 1 N–H and O–H groups in total. The third-order valence-corrected chi connectivity index (χ3v) is 3.65. The summed E-state index contributed by atoms with van der Waals surface area (Å²) in [5.74, 6) is 0.138. The van der Waals surface area contributed by atoms with E-state index >= 15 is 0 Å². The maximum absolute atomic E-state index is 11.3. The largest absolute Gasteiger partial charge is 0.312 e. The summed E-state index contributed by atoms with van der Waals surface area (Å²) in [7, 11) is -1.18. The Hall–Kier alpha value is -0.870. The van der Waals surface area contributed by atoms with Crippen LogP contribution in [0.1, 0.15) is 30.5 Å². The minimum atomic E-state index is -2.97. The monoisotopic (exact) mass is 255 g/mol. The van der Waals surface area contributed by atoms with E-state index in [4.69, 9.17) is 0 Å². The molecule has 0 radical (unpaired) electrons. The highest BCUT2D eigenvalue weighted by molar-refractivity contribution is 7.90. The zero-order valence-corrected chi connectivity index (χ0v) is 11.5. The van der Waals surface area contributed by atoms with E-state index in [-0.39, 0.29) is 11.8 Å². The van der Waals surface area contributed by atoms with E-state index in [1.165, 1.54) is 11.8 Å². The van der Waals surface area contributed by atoms with Gasteiger partial charge in [-0.1, -0.05) is 37.6 Å². The van der Waals surface area contributed by atoms with Crippen molar-refractivity contribution in [3.8, 4) is 0 Å². The number of benzene rings is 1. The predicted octanol–water partition coefficient (Wildman–Crippen LogP) is 1.94. The van der Waals surface area contributed by atoms with Crippen LogP contribution >= 0.6 is 0 Å². The van der Waals surface area contributed by atoms with Gasteiger partial charge in [0.1, 0.15) is 9.84 Å². The molecule has 0 aromatic heterocycles. The molecule has 0 saturated carbocycles. The zero-order chi connectivity index (χ0) is 12.9. The van der Waals surface area contributed by atoms with Crippen molar-refractivity contribution in [2.75, 3.05) is 19.1 Å². The Morgan fingerprint density at radius 1 is 1.35 bits per heavy atom. The third kappa shape index (κ3) is 4.88. The molecule has 96 valence electrons. The highest BCUT2D eigenvalue weighted by Gasteiger charge is 2.15. The van der Waals surface area contributed by atoms with Crippen molar-refractivity contribution in [3.05, 3.63) is 35.4 Å². The molecular weight excluding hydrogens is 234 g/mol. The number of aryl methyl sites for hydroxylation is 1. The van der Waals surface area contributed by atoms with E-state index in [9.17, 15) is 8.42 Å². The van der Waals surface area contributed by atoms with Crippen molar-refractivity contribution in [2.45, 2.75) is 25.8 Å². The molecule has 0 bridgehead atoms. The third-order valence-electron chi connectivity index (χ3n) is 2.71. The summed E-state index contributed by atoms with van der Waals surface area (Å²) < 4.78 is 22.7. The van der Waals surface area contributed by atoms with Crippen LogP contribution in [0.2, 0.25) is 0 Å². The van der Waals surface area contributed by atoms with E-state index in [0.717, 1.165) is 18.4 Å². The maximum Gasteiger partial charge on any atom is 0.149 e. The first-order chi connectivity index (χ1) is 7.96. The standard InChI is InChI=1S/C13H21NO2S/c1-4-6-11-7-5-8-12(9-11)13(14-2)10-17(3,15)16/h5,7-9,13-14H,4,6,10H2,1-3H3. The van der Waals surface area contributed by atoms with Gasteiger partial charge in [0.05, 0.1) is 5.75 Å². The van der Waals surface area contributed by atoms with E-state index in [1.54, 1.807) is 7.05 Å². The fourth-order valence-electron chi connectivity index (χ4n) is 1.90. The zero-order valence-electron chi connectivity index (χ0n) is 10.7. The second kappa shape index (κ2) is 6.17. The SMILES string of the molecule is CCCc1cccc(C(CS(C)(=O)=O)NC)c1. The van der Waals surface area contributed by atoms with Crippen molar-refractivity contribution in [2.24, 2.45) is 0 Å². The molecule has 1 aromatic carbocycles. The molecule has 0 saturated heterocycles. The normalized spacial score (nSPS) is 13.6. The van der Waals surface area contributed by atoms with E-state index in [0.29, 0.717) is 0 Å². The minimum Gasteiger partial charge on any atom is -0.312 e. The predicted molar refractivity (Wildman–Crippen MR) is 71.9 cm³/mol. The van der Waals surface area contributed by atoms with Crippen LogP contribution in [0.25, 0.3) is 0 Å². The molecule has 1 rings (SSSR count). The first-order valence-corrected chi connectivity index (χ1v) is 7.96. The van der Waals surface area contributed by atoms with E-state index in [2.05, 4.69) is 24.4 Å². The molecule has 3 nitrogen and oxygen atoms in total. The molecule has 1 aromatic rings. The van der Waals surface area contributed by atoms with Crippen LogP contribution in [0.15, 0.2) is 24.3 Å². The Morgan fingerprint density at radius 2 is 2.06 bits per heavy atom. The van der Waals surface area contributed by atoms with Crippen molar-refractivity contribution >= 4 is 9.84 Å². The molecule has 4 heteroatoms. The molecule has 0 heterocycles. The molecule has 17 heavy (non-hydrogen) atoms. The van der Waals surface area contributed by atoms with Gasteiger partial charge in [-0.3, -0.25) is 0 Å². The lowest BCUT2D eigenvalue weighted by Gasteiger charge is -2.16. The smallest absolute Gasteiger partial charge is 0.149 e. The lowest BCUT2D eigenvalue weighted by atomic mass is 10.0. The molecule has 0 spiro atoms. The lowest BCUT2D eigenvalue weighted by molar-refractivity contribution is 0.579. The summed E-state index contributed by atoms with van der Waals surface area (Å²) in [6.45, 7) is 2.14. The highest BCUT2D eigenvalue weighted by atomic mass is 32.2. The van der Waals surface area contributed by atoms with Crippen LogP contribution in [-0.4, -0.2) is 27.5 Å². The van der Waals surface area contributed by atoms with Crippen molar-refractivity contribution in [3.63, 3.8) is 0 Å². The highest BCUT2D eigenvalue weighted by Crippen LogP contribution is 2.17.